The summed E-state index contributed by atoms with van der Waals surface area (Å²) >= 11 is 0. The monoisotopic (exact) mass is 300 g/mol. The Balaban J connectivity index is 2.14. The van der Waals surface area contributed by atoms with Gasteiger partial charge in [-0.15, -0.1) is 0 Å². The summed E-state index contributed by atoms with van der Waals surface area (Å²) in [5.41, 5.74) is -1.37. The van der Waals surface area contributed by atoms with Crippen molar-refractivity contribution in [2.75, 3.05) is 18.5 Å². The van der Waals surface area contributed by atoms with Crippen LogP contribution in [-0.2, 0) is 0 Å². The summed E-state index contributed by atoms with van der Waals surface area (Å²) in [5, 5.41) is 22.8. The highest BCUT2D eigenvalue weighted by Gasteiger charge is 2.32. The Kier molecular flexibility index (Phi) is 4.72. The molecular weight excluding hydrogens is 282 g/mol. The molecule has 0 bridgehead atoms. The highest BCUT2D eigenvalue weighted by Crippen LogP contribution is 2.36. The van der Waals surface area contributed by atoms with Crippen molar-refractivity contribution >= 4 is 11.4 Å². The van der Waals surface area contributed by atoms with Crippen molar-refractivity contribution in [2.45, 2.75) is 32.1 Å². The van der Waals surface area contributed by atoms with Crippen molar-refractivity contribution in [3.63, 3.8) is 0 Å². The first kappa shape index (κ1) is 15.6. The average Bonchev–Trinajstić information content (AvgIpc) is 2.47. The van der Waals surface area contributed by atoms with Crippen LogP contribution in [0.4, 0.5) is 20.2 Å². The van der Waals surface area contributed by atoms with Gasteiger partial charge in [-0.3, -0.25) is 10.1 Å². The van der Waals surface area contributed by atoms with Gasteiger partial charge in [0.2, 0.25) is 0 Å². The smallest absolute Gasteiger partial charge is 0.275 e. The molecule has 0 atom stereocenters. The Morgan fingerprint density at radius 3 is 2.29 bits per heavy atom. The fourth-order valence-electron chi connectivity index (χ4n) is 2.80. The summed E-state index contributed by atoms with van der Waals surface area (Å²) in [6, 6.07) is 1.38. The Morgan fingerprint density at radius 2 is 1.81 bits per heavy atom. The molecule has 0 aromatic heterocycles. The Bertz CT molecular complexity index is 508. The molecule has 2 N–H and O–H groups in total. The van der Waals surface area contributed by atoms with Crippen LogP contribution in [-0.4, -0.2) is 23.2 Å². The van der Waals surface area contributed by atoms with E-state index < -0.39 is 22.2 Å². The minimum atomic E-state index is -0.995. The Labute approximate surface area is 121 Å². The zero-order valence-corrected chi connectivity index (χ0v) is 11.6. The van der Waals surface area contributed by atoms with Gasteiger partial charge in [0.05, 0.1) is 23.7 Å². The minimum Gasteiger partial charge on any atom is -0.396 e. The minimum absolute atomic E-state index is 0.0454. The predicted molar refractivity (Wildman–Crippen MR) is 74.1 cm³/mol. The molecular formula is C14H18F2N2O3. The largest absolute Gasteiger partial charge is 0.396 e. The van der Waals surface area contributed by atoms with Gasteiger partial charge in [0.15, 0.2) is 11.6 Å². The maximum absolute atomic E-state index is 13.8. The first-order chi connectivity index (χ1) is 9.97. The first-order valence-corrected chi connectivity index (χ1v) is 6.96. The summed E-state index contributed by atoms with van der Waals surface area (Å²) in [4.78, 5) is 9.70. The van der Waals surface area contributed by atoms with Gasteiger partial charge >= 0.3 is 0 Å². The van der Waals surface area contributed by atoms with Crippen molar-refractivity contribution in [2.24, 2.45) is 5.41 Å². The molecule has 1 aliphatic carbocycles. The first-order valence-electron chi connectivity index (χ1n) is 6.96. The summed E-state index contributed by atoms with van der Waals surface area (Å²) < 4.78 is 27.6. The van der Waals surface area contributed by atoms with Crippen LogP contribution in [0.15, 0.2) is 12.1 Å². The van der Waals surface area contributed by atoms with Gasteiger partial charge in [0.1, 0.15) is 5.69 Å². The number of nitro groups is 1. The maximum Gasteiger partial charge on any atom is 0.275 e. The molecule has 116 valence electrons. The van der Waals surface area contributed by atoms with Crippen LogP contribution in [0.25, 0.3) is 0 Å². The van der Waals surface area contributed by atoms with E-state index in [4.69, 9.17) is 0 Å². The summed E-state index contributed by atoms with van der Waals surface area (Å²) in [6.45, 7) is 0.200. The number of aliphatic hydroxyl groups excluding tert-OH is 1. The second-order valence-corrected chi connectivity index (χ2v) is 5.61. The fourth-order valence-corrected chi connectivity index (χ4v) is 2.80. The summed E-state index contributed by atoms with van der Waals surface area (Å²) in [5.74, 6) is -1.99. The van der Waals surface area contributed by atoms with Gasteiger partial charge in [-0.2, -0.15) is 0 Å². The van der Waals surface area contributed by atoms with E-state index in [9.17, 15) is 24.0 Å². The van der Waals surface area contributed by atoms with E-state index in [1.807, 2.05) is 0 Å². The molecule has 0 heterocycles. The van der Waals surface area contributed by atoms with Crippen LogP contribution in [0, 0.1) is 27.2 Å². The van der Waals surface area contributed by atoms with E-state index in [1.54, 1.807) is 0 Å². The van der Waals surface area contributed by atoms with Gasteiger partial charge in [-0.1, -0.05) is 19.3 Å². The number of anilines is 1. The third-order valence-corrected chi connectivity index (χ3v) is 4.13. The lowest BCUT2D eigenvalue weighted by Crippen LogP contribution is -2.35. The second kappa shape index (κ2) is 6.34. The third kappa shape index (κ3) is 3.47. The number of benzene rings is 1. The molecule has 21 heavy (non-hydrogen) atoms. The molecule has 1 aromatic rings. The number of rotatable bonds is 5. The highest BCUT2D eigenvalue weighted by molar-refractivity contribution is 5.51. The Hall–Kier alpha value is -1.76. The fraction of sp³-hybridized carbons (Fsp3) is 0.571. The van der Waals surface area contributed by atoms with E-state index in [1.165, 1.54) is 0 Å². The molecule has 2 rings (SSSR count). The van der Waals surface area contributed by atoms with E-state index in [-0.39, 0.29) is 24.3 Å². The zero-order chi connectivity index (χ0) is 15.5. The van der Waals surface area contributed by atoms with Crippen molar-refractivity contribution in [1.82, 2.24) is 0 Å². The van der Waals surface area contributed by atoms with E-state index in [2.05, 4.69) is 5.32 Å². The Morgan fingerprint density at radius 1 is 1.24 bits per heavy atom. The topological polar surface area (TPSA) is 75.4 Å². The van der Waals surface area contributed by atoms with Crippen LogP contribution >= 0.6 is 0 Å². The highest BCUT2D eigenvalue weighted by atomic mass is 19.1. The second-order valence-electron chi connectivity index (χ2n) is 5.61. The van der Waals surface area contributed by atoms with E-state index in [0.29, 0.717) is 12.1 Å². The lowest BCUT2D eigenvalue weighted by atomic mass is 9.74. The van der Waals surface area contributed by atoms with Gasteiger partial charge in [-0.05, 0) is 12.8 Å². The molecule has 7 heteroatoms. The van der Waals surface area contributed by atoms with Crippen molar-refractivity contribution in [3.8, 4) is 0 Å². The molecule has 1 aromatic carbocycles. The zero-order valence-electron chi connectivity index (χ0n) is 11.6. The lowest BCUT2D eigenvalue weighted by Gasteiger charge is -2.36. The molecule has 0 spiro atoms. The number of halogens is 2. The van der Waals surface area contributed by atoms with Gasteiger partial charge in [0.25, 0.3) is 5.69 Å². The average molecular weight is 300 g/mol. The maximum atomic E-state index is 13.8. The number of nitrogens with zero attached hydrogens (tertiary/aromatic N) is 1. The van der Waals surface area contributed by atoms with Crippen LogP contribution in [0.3, 0.4) is 0 Å². The quantitative estimate of drug-likeness (QED) is 0.646. The number of non-ortho nitro benzene ring substituents is 1. The molecule has 5 nitrogen and oxygen atoms in total. The van der Waals surface area contributed by atoms with Gasteiger partial charge < -0.3 is 10.4 Å². The van der Waals surface area contributed by atoms with Crippen LogP contribution in [0.5, 0.6) is 0 Å². The van der Waals surface area contributed by atoms with Crippen LogP contribution in [0.1, 0.15) is 32.1 Å². The number of nitrogens with one attached hydrogen (secondary N) is 1. The van der Waals surface area contributed by atoms with Crippen LogP contribution < -0.4 is 5.32 Å². The third-order valence-electron chi connectivity index (χ3n) is 4.13. The SMILES string of the molecule is O=[N+]([O-])c1cc(F)c(NCC2(CO)CCCCC2)c(F)c1. The molecule has 0 unspecified atom stereocenters. The van der Waals surface area contributed by atoms with E-state index >= 15 is 0 Å². The molecule has 0 radical (unpaired) electrons. The standard InChI is InChI=1S/C14H18F2N2O3/c15-11-6-10(18(20)21)7-12(16)13(11)17-8-14(9-19)4-2-1-3-5-14/h6-7,17,19H,1-5,8-9H2. The molecule has 0 amide bonds. The van der Waals surface area contributed by atoms with Crippen molar-refractivity contribution in [3.05, 3.63) is 33.9 Å². The van der Waals surface area contributed by atoms with E-state index in [0.717, 1.165) is 32.1 Å². The molecule has 1 saturated carbocycles. The molecule has 0 aliphatic heterocycles. The predicted octanol–water partition coefficient (Wildman–Crippen LogP) is 3.23. The molecule has 1 fully saturated rings. The number of aliphatic hydroxyl groups is 1. The van der Waals surface area contributed by atoms with Crippen LogP contribution in [0.2, 0.25) is 0 Å². The molecule has 1 aliphatic rings. The summed E-state index contributed by atoms with van der Waals surface area (Å²) in [7, 11) is 0. The van der Waals surface area contributed by atoms with Crippen molar-refractivity contribution < 1.29 is 18.8 Å². The van der Waals surface area contributed by atoms with Gasteiger partial charge in [-0.25, -0.2) is 8.78 Å². The summed E-state index contributed by atoms with van der Waals surface area (Å²) in [6.07, 6.45) is 4.66. The number of hydrogen-bond donors (Lipinski definition) is 2. The normalized spacial score (nSPS) is 17.5. The lowest BCUT2D eigenvalue weighted by molar-refractivity contribution is -0.385. The van der Waals surface area contributed by atoms with Crippen molar-refractivity contribution in [1.29, 1.82) is 0 Å². The number of hydrogen-bond acceptors (Lipinski definition) is 4. The van der Waals surface area contributed by atoms with Gasteiger partial charge in [0, 0.05) is 12.0 Å². The molecule has 0 saturated heterocycles. The number of nitro benzene ring substituents is 1.